The SMILES string of the molecule is COC(=O)Nc1cccc(F)c1COc1cc(C)c(C)cc1C(F)F. The molecule has 0 aliphatic heterocycles. The van der Waals surface area contributed by atoms with Crippen LogP contribution in [-0.2, 0) is 11.3 Å². The minimum absolute atomic E-state index is 0.0228. The van der Waals surface area contributed by atoms with Crippen LogP contribution in [0.5, 0.6) is 5.75 Å². The summed E-state index contributed by atoms with van der Waals surface area (Å²) in [6, 6.07) is 6.91. The molecule has 0 aromatic heterocycles. The lowest BCUT2D eigenvalue weighted by Crippen LogP contribution is -2.14. The molecule has 0 fully saturated rings. The van der Waals surface area contributed by atoms with Crippen LogP contribution in [-0.4, -0.2) is 13.2 Å². The average molecular weight is 353 g/mol. The lowest BCUT2D eigenvalue weighted by Gasteiger charge is -2.16. The number of nitrogens with one attached hydrogen (secondary N) is 1. The molecule has 0 aliphatic rings. The molecule has 1 N–H and O–H groups in total. The van der Waals surface area contributed by atoms with Crippen molar-refractivity contribution in [2.75, 3.05) is 12.4 Å². The first-order valence-electron chi connectivity index (χ1n) is 7.48. The van der Waals surface area contributed by atoms with E-state index in [0.29, 0.717) is 5.56 Å². The minimum atomic E-state index is -2.72. The second kappa shape index (κ2) is 7.92. The van der Waals surface area contributed by atoms with Gasteiger partial charge in [0, 0.05) is 5.56 Å². The average Bonchev–Trinajstić information content (AvgIpc) is 2.56. The summed E-state index contributed by atoms with van der Waals surface area (Å²) in [5.41, 5.74) is 1.41. The predicted octanol–water partition coefficient (Wildman–Crippen LogP) is 5.14. The van der Waals surface area contributed by atoms with E-state index in [1.54, 1.807) is 13.8 Å². The van der Waals surface area contributed by atoms with Crippen molar-refractivity contribution in [1.29, 1.82) is 0 Å². The highest BCUT2D eigenvalue weighted by Crippen LogP contribution is 2.33. The van der Waals surface area contributed by atoms with Crippen molar-refractivity contribution in [2.45, 2.75) is 26.9 Å². The molecule has 0 saturated carbocycles. The number of rotatable bonds is 5. The van der Waals surface area contributed by atoms with Crippen molar-refractivity contribution in [1.82, 2.24) is 0 Å². The van der Waals surface area contributed by atoms with E-state index in [9.17, 15) is 18.0 Å². The Hall–Kier alpha value is -2.70. The molecule has 1 amide bonds. The lowest BCUT2D eigenvalue weighted by atomic mass is 10.1. The quantitative estimate of drug-likeness (QED) is 0.810. The van der Waals surface area contributed by atoms with Crippen molar-refractivity contribution >= 4 is 11.8 Å². The maximum absolute atomic E-state index is 14.1. The molecule has 0 aliphatic carbocycles. The molecule has 0 atom stereocenters. The molecule has 0 heterocycles. The summed E-state index contributed by atoms with van der Waals surface area (Å²) < 4.78 is 50.4. The Labute approximate surface area is 143 Å². The minimum Gasteiger partial charge on any atom is -0.488 e. The zero-order chi connectivity index (χ0) is 18.6. The summed E-state index contributed by atoms with van der Waals surface area (Å²) in [6.45, 7) is 3.17. The topological polar surface area (TPSA) is 47.6 Å². The van der Waals surface area contributed by atoms with Gasteiger partial charge in [0.1, 0.15) is 18.2 Å². The van der Waals surface area contributed by atoms with Crippen molar-refractivity contribution in [2.24, 2.45) is 0 Å². The Kier molecular flexibility index (Phi) is 5.90. The Bertz CT molecular complexity index is 778. The van der Waals surface area contributed by atoms with Crippen LogP contribution in [0.2, 0.25) is 0 Å². The molecule has 0 bridgehead atoms. The number of hydrogen-bond donors (Lipinski definition) is 1. The van der Waals surface area contributed by atoms with E-state index in [2.05, 4.69) is 10.1 Å². The highest BCUT2D eigenvalue weighted by Gasteiger charge is 2.18. The number of methoxy groups -OCH3 is 1. The van der Waals surface area contributed by atoms with Crippen LogP contribution in [0, 0.1) is 19.7 Å². The Morgan fingerprint density at radius 1 is 1.20 bits per heavy atom. The molecule has 134 valence electrons. The van der Waals surface area contributed by atoms with Crippen molar-refractivity contribution < 1.29 is 27.4 Å². The van der Waals surface area contributed by atoms with Gasteiger partial charge in [0.15, 0.2) is 0 Å². The Morgan fingerprint density at radius 2 is 1.88 bits per heavy atom. The first kappa shape index (κ1) is 18.6. The van der Waals surface area contributed by atoms with Gasteiger partial charge in [-0.05, 0) is 49.2 Å². The van der Waals surface area contributed by atoms with Gasteiger partial charge in [-0.25, -0.2) is 18.0 Å². The summed E-state index contributed by atoms with van der Waals surface area (Å²) in [7, 11) is 1.18. The van der Waals surface area contributed by atoms with Gasteiger partial charge in [0.25, 0.3) is 6.43 Å². The highest BCUT2D eigenvalue weighted by molar-refractivity contribution is 5.85. The number of aryl methyl sites for hydroxylation is 2. The van der Waals surface area contributed by atoms with Crippen LogP contribution in [0.3, 0.4) is 0 Å². The molecule has 0 spiro atoms. The number of halogens is 3. The maximum Gasteiger partial charge on any atom is 0.411 e. The smallest absolute Gasteiger partial charge is 0.411 e. The van der Waals surface area contributed by atoms with Gasteiger partial charge >= 0.3 is 6.09 Å². The molecule has 0 unspecified atom stereocenters. The van der Waals surface area contributed by atoms with Gasteiger partial charge in [-0.15, -0.1) is 0 Å². The van der Waals surface area contributed by atoms with E-state index in [1.165, 1.54) is 37.4 Å². The molecule has 0 saturated heterocycles. The van der Waals surface area contributed by atoms with E-state index in [4.69, 9.17) is 4.74 Å². The van der Waals surface area contributed by atoms with E-state index < -0.39 is 18.3 Å². The van der Waals surface area contributed by atoms with Crippen LogP contribution in [0.4, 0.5) is 23.7 Å². The Morgan fingerprint density at radius 3 is 2.52 bits per heavy atom. The highest BCUT2D eigenvalue weighted by atomic mass is 19.3. The second-order valence-corrected chi connectivity index (χ2v) is 5.45. The number of anilines is 1. The molecule has 0 radical (unpaired) electrons. The monoisotopic (exact) mass is 353 g/mol. The molecule has 4 nitrogen and oxygen atoms in total. The Balaban J connectivity index is 2.30. The number of hydrogen-bond acceptors (Lipinski definition) is 3. The summed E-state index contributed by atoms with van der Waals surface area (Å²) >= 11 is 0. The third-order valence-electron chi connectivity index (χ3n) is 3.77. The molecule has 2 aromatic carbocycles. The standard InChI is InChI=1S/C18H18F3NO3/c1-10-7-12(17(20)21)16(8-11(10)2)25-9-13-14(19)5-4-6-15(13)22-18(23)24-3/h4-8,17H,9H2,1-3H3,(H,22,23). The van der Waals surface area contributed by atoms with Gasteiger partial charge in [-0.1, -0.05) is 6.07 Å². The summed E-state index contributed by atoms with van der Waals surface area (Å²) in [5, 5.41) is 2.37. The van der Waals surface area contributed by atoms with Crippen molar-refractivity contribution in [3.8, 4) is 5.75 Å². The van der Waals surface area contributed by atoms with E-state index >= 15 is 0 Å². The normalized spacial score (nSPS) is 10.7. The molecule has 2 rings (SSSR count). The molecule has 7 heteroatoms. The number of carbonyl (C=O) groups excluding carboxylic acids is 1. The molecule has 2 aromatic rings. The molecular weight excluding hydrogens is 335 g/mol. The first-order valence-corrected chi connectivity index (χ1v) is 7.48. The summed E-state index contributed by atoms with van der Waals surface area (Å²) in [6.07, 6.45) is -3.49. The van der Waals surface area contributed by atoms with Crippen LogP contribution < -0.4 is 10.1 Å². The maximum atomic E-state index is 14.1. The van der Waals surface area contributed by atoms with Crippen LogP contribution >= 0.6 is 0 Å². The van der Waals surface area contributed by atoms with Gasteiger partial charge in [0.2, 0.25) is 0 Å². The van der Waals surface area contributed by atoms with Gasteiger partial charge in [-0.3, -0.25) is 5.32 Å². The molecular formula is C18H18F3NO3. The van der Waals surface area contributed by atoms with Crippen LogP contribution in [0.25, 0.3) is 0 Å². The first-order chi connectivity index (χ1) is 11.8. The predicted molar refractivity (Wildman–Crippen MR) is 87.6 cm³/mol. The van der Waals surface area contributed by atoms with E-state index in [0.717, 1.165) is 5.56 Å². The van der Waals surface area contributed by atoms with Crippen molar-refractivity contribution in [3.63, 3.8) is 0 Å². The fourth-order valence-corrected chi connectivity index (χ4v) is 2.24. The largest absolute Gasteiger partial charge is 0.488 e. The number of amides is 1. The van der Waals surface area contributed by atoms with Gasteiger partial charge in [-0.2, -0.15) is 0 Å². The van der Waals surface area contributed by atoms with E-state index in [-0.39, 0.29) is 29.2 Å². The number of benzene rings is 2. The third kappa shape index (κ3) is 4.43. The molecule has 25 heavy (non-hydrogen) atoms. The zero-order valence-electron chi connectivity index (χ0n) is 14.0. The van der Waals surface area contributed by atoms with Crippen LogP contribution in [0.1, 0.15) is 28.7 Å². The number of carbonyl (C=O) groups is 1. The lowest BCUT2D eigenvalue weighted by molar-refractivity contribution is 0.144. The number of ether oxygens (including phenoxy) is 2. The zero-order valence-corrected chi connectivity index (χ0v) is 14.0. The summed E-state index contributed by atoms with van der Waals surface area (Å²) in [4.78, 5) is 11.3. The number of alkyl halides is 2. The van der Waals surface area contributed by atoms with Crippen molar-refractivity contribution in [3.05, 3.63) is 58.4 Å². The fourth-order valence-electron chi connectivity index (χ4n) is 2.24. The third-order valence-corrected chi connectivity index (χ3v) is 3.77. The second-order valence-electron chi connectivity index (χ2n) is 5.45. The van der Waals surface area contributed by atoms with Crippen LogP contribution in [0.15, 0.2) is 30.3 Å². The van der Waals surface area contributed by atoms with Gasteiger partial charge < -0.3 is 9.47 Å². The van der Waals surface area contributed by atoms with Gasteiger partial charge in [0.05, 0.1) is 18.4 Å². The van der Waals surface area contributed by atoms with E-state index in [1.807, 2.05) is 0 Å². The summed E-state index contributed by atoms with van der Waals surface area (Å²) in [5.74, 6) is -0.651. The fraction of sp³-hybridized carbons (Fsp3) is 0.278.